The van der Waals surface area contributed by atoms with E-state index in [1.807, 2.05) is 20.0 Å². The van der Waals surface area contributed by atoms with Crippen molar-refractivity contribution in [3.8, 4) is 0 Å². The molecule has 0 radical (unpaired) electrons. The monoisotopic (exact) mass is 200 g/mol. The maximum atomic E-state index is 5.72. The highest BCUT2D eigenvalue weighted by atomic mass is 32.1. The summed E-state index contributed by atoms with van der Waals surface area (Å²) in [7, 11) is 0. The van der Waals surface area contributed by atoms with Crippen LogP contribution in [0.1, 0.15) is 29.8 Å². The molecule has 0 aliphatic rings. The Bertz CT molecular complexity index is 248. The van der Waals surface area contributed by atoms with Gasteiger partial charge in [0.25, 0.3) is 0 Å². The van der Waals surface area contributed by atoms with Crippen LogP contribution in [-0.4, -0.2) is 18.2 Å². The third-order valence-electron chi connectivity index (χ3n) is 1.68. The molecule has 0 saturated heterocycles. The van der Waals surface area contributed by atoms with E-state index in [1.54, 1.807) is 11.3 Å². The van der Waals surface area contributed by atoms with Crippen LogP contribution in [0.4, 0.5) is 0 Å². The first kappa shape index (κ1) is 10.6. The second-order valence-electron chi connectivity index (χ2n) is 2.89. The summed E-state index contributed by atoms with van der Waals surface area (Å²) in [6, 6.07) is 0.0957. The fourth-order valence-electron chi connectivity index (χ4n) is 0.954. The first-order chi connectivity index (χ1) is 6.24. The van der Waals surface area contributed by atoms with Crippen molar-refractivity contribution in [3.63, 3.8) is 0 Å². The number of hydrogen-bond donors (Lipinski definition) is 1. The molecule has 1 unspecified atom stereocenters. The Morgan fingerprint density at radius 2 is 2.46 bits per heavy atom. The van der Waals surface area contributed by atoms with Crippen molar-refractivity contribution in [1.82, 2.24) is 4.98 Å². The first-order valence-corrected chi connectivity index (χ1v) is 5.33. The van der Waals surface area contributed by atoms with Gasteiger partial charge in [0.05, 0.1) is 11.6 Å². The quantitative estimate of drug-likeness (QED) is 0.736. The van der Waals surface area contributed by atoms with Gasteiger partial charge >= 0.3 is 0 Å². The molecule has 74 valence electrons. The molecule has 2 N–H and O–H groups in total. The SMILES string of the molecule is CCOCCc1ncc(C(C)N)s1. The molecule has 0 aliphatic carbocycles. The van der Waals surface area contributed by atoms with Gasteiger partial charge in [-0.1, -0.05) is 0 Å². The largest absolute Gasteiger partial charge is 0.381 e. The highest BCUT2D eigenvalue weighted by Crippen LogP contribution is 2.18. The molecule has 1 atom stereocenters. The van der Waals surface area contributed by atoms with Crippen molar-refractivity contribution in [2.45, 2.75) is 26.3 Å². The van der Waals surface area contributed by atoms with Crippen molar-refractivity contribution in [2.24, 2.45) is 5.73 Å². The summed E-state index contributed by atoms with van der Waals surface area (Å²) in [4.78, 5) is 5.41. The number of aromatic nitrogens is 1. The van der Waals surface area contributed by atoms with Gasteiger partial charge in [-0.25, -0.2) is 4.98 Å². The van der Waals surface area contributed by atoms with E-state index in [2.05, 4.69) is 4.98 Å². The molecule has 0 saturated carbocycles. The number of ether oxygens (including phenoxy) is 1. The summed E-state index contributed by atoms with van der Waals surface area (Å²) < 4.78 is 5.24. The molecular formula is C9H16N2OS. The van der Waals surface area contributed by atoms with E-state index in [1.165, 1.54) is 0 Å². The van der Waals surface area contributed by atoms with Crippen molar-refractivity contribution in [2.75, 3.05) is 13.2 Å². The minimum absolute atomic E-state index is 0.0957. The second-order valence-corrected chi connectivity index (χ2v) is 4.04. The Labute approximate surface area is 82.9 Å². The molecule has 1 aromatic rings. The van der Waals surface area contributed by atoms with Crippen molar-refractivity contribution >= 4 is 11.3 Å². The fourth-order valence-corrected chi connectivity index (χ4v) is 1.81. The highest BCUT2D eigenvalue weighted by Gasteiger charge is 2.04. The Kier molecular flexibility index (Phi) is 4.35. The average molecular weight is 200 g/mol. The van der Waals surface area contributed by atoms with Crippen LogP contribution >= 0.6 is 11.3 Å². The van der Waals surface area contributed by atoms with Crippen LogP contribution in [0.5, 0.6) is 0 Å². The van der Waals surface area contributed by atoms with E-state index in [0.29, 0.717) is 0 Å². The Morgan fingerprint density at radius 1 is 1.69 bits per heavy atom. The maximum absolute atomic E-state index is 5.72. The molecule has 0 spiro atoms. The molecule has 3 nitrogen and oxygen atoms in total. The molecule has 13 heavy (non-hydrogen) atoms. The van der Waals surface area contributed by atoms with E-state index in [0.717, 1.165) is 29.5 Å². The summed E-state index contributed by atoms with van der Waals surface area (Å²) in [5, 5.41) is 1.11. The molecular weight excluding hydrogens is 184 g/mol. The zero-order valence-corrected chi connectivity index (χ0v) is 8.93. The van der Waals surface area contributed by atoms with Gasteiger partial charge in [0.1, 0.15) is 0 Å². The van der Waals surface area contributed by atoms with Crippen molar-refractivity contribution in [3.05, 3.63) is 16.1 Å². The zero-order valence-electron chi connectivity index (χ0n) is 8.12. The summed E-state index contributed by atoms with van der Waals surface area (Å²) in [5.41, 5.74) is 5.72. The predicted molar refractivity (Wildman–Crippen MR) is 54.9 cm³/mol. The third kappa shape index (κ3) is 3.42. The highest BCUT2D eigenvalue weighted by molar-refractivity contribution is 7.11. The van der Waals surface area contributed by atoms with Crippen molar-refractivity contribution in [1.29, 1.82) is 0 Å². The van der Waals surface area contributed by atoms with Gasteiger partial charge in [-0.05, 0) is 13.8 Å². The van der Waals surface area contributed by atoms with E-state index in [-0.39, 0.29) is 6.04 Å². The van der Waals surface area contributed by atoms with Crippen molar-refractivity contribution < 1.29 is 4.74 Å². The lowest BCUT2D eigenvalue weighted by Crippen LogP contribution is -2.01. The number of nitrogens with two attached hydrogens (primary N) is 1. The molecule has 4 heteroatoms. The number of hydrogen-bond acceptors (Lipinski definition) is 4. The van der Waals surface area contributed by atoms with Crippen LogP contribution in [0.15, 0.2) is 6.20 Å². The topological polar surface area (TPSA) is 48.1 Å². The summed E-state index contributed by atoms with van der Waals surface area (Å²) in [6.07, 6.45) is 2.75. The fraction of sp³-hybridized carbons (Fsp3) is 0.667. The molecule has 0 aliphatic heterocycles. The maximum Gasteiger partial charge on any atom is 0.0951 e. The van der Waals surface area contributed by atoms with Crippen LogP contribution < -0.4 is 5.73 Å². The lowest BCUT2D eigenvalue weighted by Gasteiger charge is -1.98. The van der Waals surface area contributed by atoms with Crippen LogP contribution in [-0.2, 0) is 11.2 Å². The molecule has 1 aromatic heterocycles. The smallest absolute Gasteiger partial charge is 0.0951 e. The van der Waals surface area contributed by atoms with Gasteiger partial charge < -0.3 is 10.5 Å². The summed E-state index contributed by atoms with van der Waals surface area (Å²) >= 11 is 1.68. The lowest BCUT2D eigenvalue weighted by atomic mass is 10.3. The molecule has 1 rings (SSSR count). The number of nitrogens with zero attached hydrogens (tertiary/aromatic N) is 1. The van der Waals surface area contributed by atoms with Gasteiger partial charge in [-0.2, -0.15) is 0 Å². The van der Waals surface area contributed by atoms with Gasteiger partial charge in [0.2, 0.25) is 0 Å². The molecule has 1 heterocycles. The van der Waals surface area contributed by atoms with Crippen LogP contribution in [0.3, 0.4) is 0 Å². The minimum atomic E-state index is 0.0957. The Hall–Kier alpha value is -0.450. The van der Waals surface area contributed by atoms with Gasteiger partial charge in [0.15, 0.2) is 0 Å². The van der Waals surface area contributed by atoms with Crippen LogP contribution in [0.25, 0.3) is 0 Å². The lowest BCUT2D eigenvalue weighted by molar-refractivity contribution is 0.151. The third-order valence-corrected chi connectivity index (χ3v) is 2.94. The van der Waals surface area contributed by atoms with E-state index < -0.39 is 0 Å². The van der Waals surface area contributed by atoms with Gasteiger partial charge in [-0.15, -0.1) is 11.3 Å². The molecule has 0 bridgehead atoms. The van der Waals surface area contributed by atoms with E-state index >= 15 is 0 Å². The summed E-state index contributed by atoms with van der Waals surface area (Å²) in [6.45, 7) is 5.49. The van der Waals surface area contributed by atoms with E-state index in [4.69, 9.17) is 10.5 Å². The van der Waals surface area contributed by atoms with Crippen LogP contribution in [0, 0.1) is 0 Å². The predicted octanol–water partition coefficient (Wildman–Crippen LogP) is 1.74. The number of rotatable bonds is 5. The minimum Gasteiger partial charge on any atom is -0.381 e. The standard InChI is InChI=1S/C9H16N2OS/c1-3-12-5-4-9-11-6-8(13-9)7(2)10/h6-7H,3-5,10H2,1-2H3. The van der Waals surface area contributed by atoms with Gasteiger partial charge in [-0.3, -0.25) is 0 Å². The van der Waals surface area contributed by atoms with E-state index in [9.17, 15) is 0 Å². The van der Waals surface area contributed by atoms with Gasteiger partial charge in [0, 0.05) is 30.1 Å². The second kappa shape index (κ2) is 5.32. The average Bonchev–Trinajstić information content (AvgIpc) is 2.53. The molecule has 0 aromatic carbocycles. The zero-order chi connectivity index (χ0) is 9.68. The Morgan fingerprint density at radius 3 is 3.00 bits per heavy atom. The molecule has 0 fully saturated rings. The summed E-state index contributed by atoms with van der Waals surface area (Å²) in [5.74, 6) is 0. The normalized spacial score (nSPS) is 13.2. The molecule has 0 amide bonds. The Balaban J connectivity index is 2.40. The first-order valence-electron chi connectivity index (χ1n) is 4.52. The number of thiazole rings is 1. The van der Waals surface area contributed by atoms with Crippen LogP contribution in [0.2, 0.25) is 0 Å².